The number of nitrogens with one attached hydrogen (secondary N) is 2. The van der Waals surface area contributed by atoms with E-state index < -0.39 is 21.8 Å². The second-order valence-electron chi connectivity index (χ2n) is 5.57. The van der Waals surface area contributed by atoms with Crippen molar-refractivity contribution in [3.05, 3.63) is 48.5 Å². The Bertz CT molecular complexity index is 959. The Labute approximate surface area is 155 Å². The van der Waals surface area contributed by atoms with Crippen LogP contribution in [0.25, 0.3) is 0 Å². The van der Waals surface area contributed by atoms with Crippen LogP contribution in [0.15, 0.2) is 53.4 Å². The highest BCUT2D eigenvalue weighted by Gasteiger charge is 2.27. The van der Waals surface area contributed by atoms with Gasteiger partial charge >= 0.3 is 0 Å². The molecule has 0 aliphatic carbocycles. The summed E-state index contributed by atoms with van der Waals surface area (Å²) in [4.78, 5) is 27.4. The van der Waals surface area contributed by atoms with Crippen molar-refractivity contribution in [2.45, 2.75) is 4.90 Å². The number of carbonyl (C=O) groups is 2. The first-order valence-electron chi connectivity index (χ1n) is 7.87. The van der Waals surface area contributed by atoms with Gasteiger partial charge in [0.25, 0.3) is 21.8 Å². The topological polar surface area (TPSA) is 114 Å². The molecule has 0 saturated carbocycles. The highest BCUT2D eigenvalue weighted by atomic mass is 32.2. The van der Waals surface area contributed by atoms with Gasteiger partial charge in [0.15, 0.2) is 6.61 Å². The lowest BCUT2D eigenvalue weighted by molar-refractivity contribution is -0.125. The van der Waals surface area contributed by atoms with Gasteiger partial charge in [-0.2, -0.15) is 0 Å². The highest BCUT2D eigenvalue weighted by Crippen LogP contribution is 2.31. The van der Waals surface area contributed by atoms with Crippen LogP contribution in [-0.4, -0.2) is 40.5 Å². The zero-order valence-corrected chi connectivity index (χ0v) is 15.2. The van der Waals surface area contributed by atoms with E-state index in [9.17, 15) is 18.0 Å². The average Bonchev–Trinajstić information content (AvgIpc) is 2.69. The molecule has 3 rings (SSSR count). The molecule has 1 aliphatic heterocycles. The summed E-state index contributed by atoms with van der Waals surface area (Å²) in [6, 6.07) is 12.4. The standard InChI is InChI=1S/C17H17N3O6S/c1-25-12-6-8-13(9-7-12)27(23,24)19-18-16(21)10-20-14-4-2-3-5-15(14)26-11-17(20)22/h2-9,19H,10-11H2,1H3,(H,18,21). The molecule has 0 radical (unpaired) electrons. The summed E-state index contributed by atoms with van der Waals surface area (Å²) < 4.78 is 34.7. The number of amides is 2. The van der Waals surface area contributed by atoms with Crippen molar-refractivity contribution in [3.8, 4) is 11.5 Å². The van der Waals surface area contributed by atoms with Crippen LogP contribution in [0.3, 0.4) is 0 Å². The van der Waals surface area contributed by atoms with Gasteiger partial charge < -0.3 is 9.47 Å². The molecule has 10 heteroatoms. The smallest absolute Gasteiger partial charge is 0.265 e. The molecule has 2 N–H and O–H groups in total. The minimum absolute atomic E-state index is 0.0450. The number of methoxy groups -OCH3 is 1. The van der Waals surface area contributed by atoms with Gasteiger partial charge in [0, 0.05) is 0 Å². The van der Waals surface area contributed by atoms with Crippen molar-refractivity contribution in [2.75, 3.05) is 25.2 Å². The van der Waals surface area contributed by atoms with E-state index >= 15 is 0 Å². The number of hydrazine groups is 1. The molecule has 2 aromatic rings. The third kappa shape index (κ3) is 4.18. The molecule has 0 saturated heterocycles. The molecular weight excluding hydrogens is 374 g/mol. The predicted molar refractivity (Wildman–Crippen MR) is 95.7 cm³/mol. The number of hydrogen-bond acceptors (Lipinski definition) is 6. The molecule has 1 aliphatic rings. The number of rotatable bonds is 6. The fourth-order valence-corrected chi connectivity index (χ4v) is 3.31. The normalized spacial score (nSPS) is 13.5. The number of nitrogens with zero attached hydrogens (tertiary/aromatic N) is 1. The van der Waals surface area contributed by atoms with Crippen LogP contribution in [0.4, 0.5) is 5.69 Å². The first-order chi connectivity index (χ1) is 12.9. The quantitative estimate of drug-likeness (QED) is 0.691. The third-order valence-electron chi connectivity index (χ3n) is 3.80. The van der Waals surface area contributed by atoms with Crippen LogP contribution in [0, 0.1) is 0 Å². The van der Waals surface area contributed by atoms with E-state index in [0.717, 1.165) is 0 Å². The summed E-state index contributed by atoms with van der Waals surface area (Å²) in [6.07, 6.45) is 0. The van der Waals surface area contributed by atoms with Gasteiger partial charge in [-0.3, -0.25) is 19.9 Å². The lowest BCUT2D eigenvalue weighted by Gasteiger charge is -2.28. The number of hydrogen-bond donors (Lipinski definition) is 2. The first-order valence-corrected chi connectivity index (χ1v) is 9.36. The SMILES string of the molecule is COc1ccc(S(=O)(=O)NNC(=O)CN2C(=O)COc3ccccc32)cc1. The number of benzene rings is 2. The van der Waals surface area contributed by atoms with Crippen molar-refractivity contribution in [1.82, 2.24) is 10.3 Å². The molecule has 1 heterocycles. The Morgan fingerprint density at radius 1 is 1.19 bits per heavy atom. The van der Waals surface area contributed by atoms with Crippen LogP contribution >= 0.6 is 0 Å². The van der Waals surface area contributed by atoms with Gasteiger partial charge in [0.2, 0.25) is 0 Å². The maximum absolute atomic E-state index is 12.2. The molecule has 142 valence electrons. The molecule has 0 atom stereocenters. The Morgan fingerprint density at radius 2 is 1.89 bits per heavy atom. The summed E-state index contributed by atoms with van der Waals surface area (Å²) >= 11 is 0. The molecule has 0 fully saturated rings. The fraction of sp³-hybridized carbons (Fsp3) is 0.176. The maximum atomic E-state index is 12.2. The van der Waals surface area contributed by atoms with Gasteiger partial charge in [-0.05, 0) is 36.4 Å². The molecule has 27 heavy (non-hydrogen) atoms. The molecule has 2 aromatic carbocycles. The second-order valence-corrected chi connectivity index (χ2v) is 7.25. The van der Waals surface area contributed by atoms with Crippen molar-refractivity contribution in [3.63, 3.8) is 0 Å². The highest BCUT2D eigenvalue weighted by molar-refractivity contribution is 7.89. The first kappa shape index (κ1) is 18.7. The molecule has 0 aromatic heterocycles. The molecule has 0 unspecified atom stereocenters. The van der Waals surface area contributed by atoms with Crippen molar-refractivity contribution in [2.24, 2.45) is 0 Å². The van der Waals surface area contributed by atoms with Crippen LogP contribution in [0.1, 0.15) is 0 Å². The lowest BCUT2D eigenvalue weighted by atomic mass is 10.2. The van der Waals surface area contributed by atoms with Crippen LogP contribution < -0.4 is 24.6 Å². The van der Waals surface area contributed by atoms with E-state index in [0.29, 0.717) is 17.2 Å². The van der Waals surface area contributed by atoms with E-state index in [1.807, 2.05) is 4.83 Å². The van der Waals surface area contributed by atoms with Gasteiger partial charge in [-0.1, -0.05) is 12.1 Å². The minimum Gasteiger partial charge on any atom is -0.497 e. The lowest BCUT2D eigenvalue weighted by Crippen LogP contribution is -2.49. The van der Waals surface area contributed by atoms with Gasteiger partial charge in [-0.15, -0.1) is 4.83 Å². The van der Waals surface area contributed by atoms with E-state index in [-0.39, 0.29) is 18.0 Å². The molecule has 9 nitrogen and oxygen atoms in total. The summed E-state index contributed by atoms with van der Waals surface area (Å²) in [6.45, 7) is -0.549. The molecule has 0 spiro atoms. The molecular formula is C17H17N3O6S. The maximum Gasteiger partial charge on any atom is 0.265 e. The Kier molecular flexibility index (Phi) is 5.28. The summed E-state index contributed by atoms with van der Waals surface area (Å²) in [5.74, 6) is -0.120. The zero-order valence-electron chi connectivity index (χ0n) is 14.3. The summed E-state index contributed by atoms with van der Waals surface area (Å²) in [5, 5.41) is 0. The third-order valence-corrected chi connectivity index (χ3v) is 5.07. The number of ether oxygens (including phenoxy) is 2. The van der Waals surface area contributed by atoms with Gasteiger partial charge in [0.05, 0.1) is 17.7 Å². The number of sulfonamides is 1. The van der Waals surface area contributed by atoms with Crippen LogP contribution in [0.5, 0.6) is 11.5 Å². The second kappa shape index (κ2) is 7.64. The summed E-state index contributed by atoms with van der Waals surface area (Å²) in [5.41, 5.74) is 2.55. The summed E-state index contributed by atoms with van der Waals surface area (Å²) in [7, 11) is -2.50. The fourth-order valence-electron chi connectivity index (χ4n) is 2.45. The Hall–Kier alpha value is -3.11. The van der Waals surface area contributed by atoms with E-state index in [4.69, 9.17) is 9.47 Å². The Balaban J connectivity index is 1.65. The minimum atomic E-state index is -3.96. The van der Waals surface area contributed by atoms with Gasteiger partial charge in [-0.25, -0.2) is 8.42 Å². The predicted octanol–water partition coefficient (Wildman–Crippen LogP) is 0.430. The average molecular weight is 391 g/mol. The van der Waals surface area contributed by atoms with Crippen molar-refractivity contribution in [1.29, 1.82) is 0 Å². The number of fused-ring (bicyclic) bond motifs is 1. The van der Waals surface area contributed by atoms with Crippen LogP contribution in [0.2, 0.25) is 0 Å². The largest absolute Gasteiger partial charge is 0.497 e. The number of carbonyl (C=O) groups excluding carboxylic acids is 2. The number of para-hydroxylation sites is 2. The number of anilines is 1. The van der Waals surface area contributed by atoms with Crippen LogP contribution in [-0.2, 0) is 19.6 Å². The van der Waals surface area contributed by atoms with E-state index in [1.54, 1.807) is 24.3 Å². The molecule has 2 amide bonds. The molecule has 0 bridgehead atoms. The van der Waals surface area contributed by atoms with Crippen molar-refractivity contribution >= 4 is 27.5 Å². The monoisotopic (exact) mass is 391 g/mol. The van der Waals surface area contributed by atoms with E-state index in [1.165, 1.54) is 36.3 Å². The zero-order chi connectivity index (χ0) is 19.4. The van der Waals surface area contributed by atoms with E-state index in [2.05, 4.69) is 5.43 Å². The Morgan fingerprint density at radius 3 is 2.59 bits per heavy atom. The van der Waals surface area contributed by atoms with Crippen molar-refractivity contribution < 1.29 is 27.5 Å². The van der Waals surface area contributed by atoms with Gasteiger partial charge in [0.1, 0.15) is 18.0 Å².